The highest BCUT2D eigenvalue weighted by Crippen LogP contribution is 2.31. The number of benzene rings is 1. The Bertz CT molecular complexity index is 349. The van der Waals surface area contributed by atoms with Crippen LogP contribution in [0.25, 0.3) is 0 Å². The van der Waals surface area contributed by atoms with Crippen LogP contribution in [-0.2, 0) is 11.2 Å². The molecule has 2 unspecified atom stereocenters. The Labute approximate surface area is 76.7 Å². The van der Waals surface area contributed by atoms with Crippen molar-refractivity contribution in [1.82, 2.24) is 0 Å². The summed E-state index contributed by atoms with van der Waals surface area (Å²) < 4.78 is 0. The minimum Gasteiger partial charge on any atom is -0.369 e. The average molecular weight is 176 g/mol. The van der Waals surface area contributed by atoms with Gasteiger partial charge >= 0.3 is 0 Å². The summed E-state index contributed by atoms with van der Waals surface area (Å²) in [6.07, 6.45) is 0.754. The summed E-state index contributed by atoms with van der Waals surface area (Å²) in [7, 11) is 0. The second-order valence-corrected chi connectivity index (χ2v) is 3.45. The second kappa shape index (κ2) is 2.85. The first-order valence-corrected chi connectivity index (χ1v) is 4.33. The Morgan fingerprint density at radius 1 is 1.38 bits per heavy atom. The van der Waals surface area contributed by atoms with Crippen molar-refractivity contribution >= 4 is 5.91 Å². The van der Waals surface area contributed by atoms with Crippen LogP contribution >= 0.6 is 0 Å². The molecule has 68 valence electrons. The molecule has 0 aliphatic heterocycles. The number of nitrogens with two attached hydrogens (primary N) is 2. The summed E-state index contributed by atoms with van der Waals surface area (Å²) in [5.41, 5.74) is 13.3. The zero-order chi connectivity index (χ0) is 9.42. The summed E-state index contributed by atoms with van der Waals surface area (Å²) in [6.45, 7) is 0. The van der Waals surface area contributed by atoms with E-state index in [9.17, 15) is 4.79 Å². The van der Waals surface area contributed by atoms with Gasteiger partial charge in [-0.2, -0.15) is 0 Å². The smallest absolute Gasteiger partial charge is 0.226 e. The van der Waals surface area contributed by atoms with Crippen molar-refractivity contribution in [1.29, 1.82) is 0 Å². The third-order valence-corrected chi connectivity index (χ3v) is 2.58. The molecule has 1 amide bonds. The maximum absolute atomic E-state index is 11.1. The van der Waals surface area contributed by atoms with Gasteiger partial charge in [0, 0.05) is 6.04 Å². The molecular formula is C10H12N2O. The van der Waals surface area contributed by atoms with E-state index >= 15 is 0 Å². The van der Waals surface area contributed by atoms with Gasteiger partial charge in [0.25, 0.3) is 0 Å². The number of rotatable bonds is 1. The van der Waals surface area contributed by atoms with Gasteiger partial charge < -0.3 is 11.5 Å². The van der Waals surface area contributed by atoms with Crippen molar-refractivity contribution in [2.45, 2.75) is 18.4 Å². The SMILES string of the molecule is NC(=O)C1c2ccccc2CC1N. The highest BCUT2D eigenvalue weighted by atomic mass is 16.1. The molecule has 0 spiro atoms. The van der Waals surface area contributed by atoms with Gasteiger partial charge in [-0.05, 0) is 17.5 Å². The van der Waals surface area contributed by atoms with Crippen molar-refractivity contribution in [3.63, 3.8) is 0 Å². The first kappa shape index (κ1) is 8.26. The molecule has 0 fully saturated rings. The fraction of sp³-hybridized carbons (Fsp3) is 0.300. The fourth-order valence-electron chi connectivity index (χ4n) is 1.99. The lowest BCUT2D eigenvalue weighted by Crippen LogP contribution is -2.34. The maximum atomic E-state index is 11.1. The molecule has 1 aromatic carbocycles. The highest BCUT2D eigenvalue weighted by molar-refractivity contribution is 5.84. The second-order valence-electron chi connectivity index (χ2n) is 3.45. The number of primary amides is 1. The van der Waals surface area contributed by atoms with Crippen LogP contribution in [-0.4, -0.2) is 11.9 Å². The van der Waals surface area contributed by atoms with Gasteiger partial charge in [0.1, 0.15) is 0 Å². The van der Waals surface area contributed by atoms with Crippen LogP contribution in [0.3, 0.4) is 0 Å². The fourth-order valence-corrected chi connectivity index (χ4v) is 1.99. The number of hydrogen-bond donors (Lipinski definition) is 2. The Kier molecular flexibility index (Phi) is 1.81. The van der Waals surface area contributed by atoms with E-state index in [1.807, 2.05) is 24.3 Å². The van der Waals surface area contributed by atoms with Crippen LogP contribution in [0.1, 0.15) is 17.0 Å². The van der Waals surface area contributed by atoms with Crippen LogP contribution < -0.4 is 11.5 Å². The number of carbonyl (C=O) groups is 1. The Morgan fingerprint density at radius 2 is 2.08 bits per heavy atom. The summed E-state index contributed by atoms with van der Waals surface area (Å²) in [5, 5.41) is 0. The summed E-state index contributed by atoms with van der Waals surface area (Å²) in [4.78, 5) is 11.1. The molecule has 4 N–H and O–H groups in total. The molecule has 0 saturated heterocycles. The van der Waals surface area contributed by atoms with Crippen molar-refractivity contribution < 1.29 is 4.79 Å². The third-order valence-electron chi connectivity index (χ3n) is 2.58. The standard InChI is InChI=1S/C10H12N2O/c11-8-5-6-3-1-2-4-7(6)9(8)10(12)13/h1-4,8-9H,5,11H2,(H2,12,13). The van der Waals surface area contributed by atoms with Crippen LogP contribution in [0.15, 0.2) is 24.3 Å². The van der Waals surface area contributed by atoms with E-state index in [1.165, 1.54) is 0 Å². The van der Waals surface area contributed by atoms with Crippen molar-refractivity contribution in [2.75, 3.05) is 0 Å². The molecule has 0 aromatic heterocycles. The Hall–Kier alpha value is -1.35. The Balaban J connectivity index is 2.46. The van der Waals surface area contributed by atoms with E-state index in [1.54, 1.807) is 0 Å². The monoisotopic (exact) mass is 176 g/mol. The van der Waals surface area contributed by atoms with Crippen LogP contribution in [0.2, 0.25) is 0 Å². The van der Waals surface area contributed by atoms with Gasteiger partial charge in [-0.25, -0.2) is 0 Å². The molecule has 1 aliphatic rings. The minimum atomic E-state index is -0.322. The number of amides is 1. The summed E-state index contributed by atoms with van der Waals surface area (Å²) >= 11 is 0. The Morgan fingerprint density at radius 3 is 2.77 bits per heavy atom. The maximum Gasteiger partial charge on any atom is 0.226 e. The van der Waals surface area contributed by atoms with Gasteiger partial charge in [-0.1, -0.05) is 24.3 Å². The van der Waals surface area contributed by atoms with Gasteiger partial charge in [-0.3, -0.25) is 4.79 Å². The molecule has 2 atom stereocenters. The van der Waals surface area contributed by atoms with Crippen molar-refractivity contribution in [3.8, 4) is 0 Å². The van der Waals surface area contributed by atoms with Crippen molar-refractivity contribution in [3.05, 3.63) is 35.4 Å². The first-order chi connectivity index (χ1) is 6.20. The van der Waals surface area contributed by atoms with Gasteiger partial charge in [-0.15, -0.1) is 0 Å². The van der Waals surface area contributed by atoms with Gasteiger partial charge in [0.05, 0.1) is 5.92 Å². The van der Waals surface area contributed by atoms with E-state index in [2.05, 4.69) is 0 Å². The largest absolute Gasteiger partial charge is 0.369 e. The molecule has 1 aliphatic carbocycles. The molecule has 0 saturated carbocycles. The van der Waals surface area contributed by atoms with E-state index < -0.39 is 0 Å². The average Bonchev–Trinajstić information content (AvgIpc) is 2.39. The van der Waals surface area contributed by atoms with Gasteiger partial charge in [0.2, 0.25) is 5.91 Å². The lowest BCUT2D eigenvalue weighted by molar-refractivity contribution is -0.119. The summed E-state index contributed by atoms with van der Waals surface area (Å²) in [6, 6.07) is 7.65. The number of fused-ring (bicyclic) bond motifs is 1. The quantitative estimate of drug-likeness (QED) is 0.639. The van der Waals surface area contributed by atoms with Crippen LogP contribution in [0, 0.1) is 0 Å². The van der Waals surface area contributed by atoms with E-state index in [0.29, 0.717) is 0 Å². The van der Waals surface area contributed by atoms with E-state index in [0.717, 1.165) is 17.5 Å². The molecule has 0 heterocycles. The number of hydrogen-bond acceptors (Lipinski definition) is 2. The lowest BCUT2D eigenvalue weighted by atomic mass is 9.98. The molecule has 3 heteroatoms. The molecule has 1 aromatic rings. The van der Waals surface area contributed by atoms with E-state index in [-0.39, 0.29) is 17.9 Å². The molecule has 0 bridgehead atoms. The third kappa shape index (κ3) is 1.21. The normalized spacial score (nSPS) is 25.6. The predicted octanol–water partition coefficient (Wildman–Crippen LogP) is 0.139. The van der Waals surface area contributed by atoms with Crippen molar-refractivity contribution in [2.24, 2.45) is 11.5 Å². The van der Waals surface area contributed by atoms with Crippen LogP contribution in [0.4, 0.5) is 0 Å². The van der Waals surface area contributed by atoms with Gasteiger partial charge in [0.15, 0.2) is 0 Å². The van der Waals surface area contributed by atoms with Crippen LogP contribution in [0.5, 0.6) is 0 Å². The zero-order valence-electron chi connectivity index (χ0n) is 7.23. The first-order valence-electron chi connectivity index (χ1n) is 4.33. The lowest BCUT2D eigenvalue weighted by Gasteiger charge is -2.11. The molecule has 2 rings (SSSR count). The van der Waals surface area contributed by atoms with E-state index in [4.69, 9.17) is 11.5 Å². The molecule has 13 heavy (non-hydrogen) atoms. The minimum absolute atomic E-state index is 0.144. The predicted molar refractivity (Wildman–Crippen MR) is 50.1 cm³/mol. The topological polar surface area (TPSA) is 69.1 Å². The number of carbonyl (C=O) groups excluding carboxylic acids is 1. The molecule has 0 radical (unpaired) electrons. The summed E-state index contributed by atoms with van der Waals surface area (Å²) in [5.74, 6) is -0.617. The zero-order valence-corrected chi connectivity index (χ0v) is 7.23. The molecular weight excluding hydrogens is 164 g/mol. The highest BCUT2D eigenvalue weighted by Gasteiger charge is 2.33. The molecule has 3 nitrogen and oxygen atoms in total.